The second-order valence-corrected chi connectivity index (χ2v) is 5.74. The van der Waals surface area contributed by atoms with E-state index in [1.54, 1.807) is 11.2 Å². The van der Waals surface area contributed by atoms with Crippen LogP contribution in [-0.4, -0.2) is 44.9 Å². The minimum absolute atomic E-state index is 0.194. The Hall–Kier alpha value is -2.06. The van der Waals surface area contributed by atoms with Gasteiger partial charge < -0.3 is 10.4 Å². The number of amides is 1. The number of carboxylic acids is 1. The second-order valence-electron chi connectivity index (χ2n) is 4.74. The molecule has 0 saturated carbocycles. The first-order valence-corrected chi connectivity index (χ1v) is 7.45. The molecule has 2 aliphatic heterocycles. The largest absolute Gasteiger partial charge is 0.480 e. The Bertz CT molecular complexity index is 592. The molecule has 2 unspecified atom stereocenters. The molecule has 0 aliphatic carbocycles. The molecule has 1 fully saturated rings. The van der Waals surface area contributed by atoms with Gasteiger partial charge in [0.1, 0.15) is 12.2 Å². The van der Waals surface area contributed by atoms with Crippen LogP contribution >= 0.6 is 11.8 Å². The molecular formula is C13H14N4O3S. The molecule has 110 valence electrons. The van der Waals surface area contributed by atoms with Crippen molar-refractivity contribution in [1.29, 1.82) is 0 Å². The number of thioether (sulfide) groups is 1. The number of hydrogen-bond acceptors (Lipinski definition) is 6. The summed E-state index contributed by atoms with van der Waals surface area (Å²) >= 11 is 1.50. The fourth-order valence-corrected chi connectivity index (χ4v) is 3.15. The SMILES string of the molecule is O=C1C=C(CSc2ccccn2)N2NC(C(=O)O)CC2N1. The van der Waals surface area contributed by atoms with Gasteiger partial charge in [-0.05, 0) is 12.1 Å². The van der Waals surface area contributed by atoms with Gasteiger partial charge in [0.15, 0.2) is 0 Å². The molecule has 1 aromatic heterocycles. The van der Waals surface area contributed by atoms with Crippen molar-refractivity contribution < 1.29 is 14.7 Å². The lowest BCUT2D eigenvalue weighted by Gasteiger charge is -2.32. The molecule has 1 aromatic rings. The number of nitrogens with one attached hydrogen (secondary N) is 2. The second kappa shape index (κ2) is 5.74. The first-order valence-electron chi connectivity index (χ1n) is 6.46. The van der Waals surface area contributed by atoms with Crippen LogP contribution in [0.15, 0.2) is 41.2 Å². The van der Waals surface area contributed by atoms with E-state index in [0.717, 1.165) is 10.7 Å². The number of rotatable bonds is 4. The van der Waals surface area contributed by atoms with Crippen molar-refractivity contribution in [1.82, 2.24) is 20.7 Å². The molecule has 1 saturated heterocycles. The Morgan fingerprint density at radius 1 is 1.52 bits per heavy atom. The van der Waals surface area contributed by atoms with Gasteiger partial charge in [0, 0.05) is 30.1 Å². The molecule has 3 rings (SSSR count). The van der Waals surface area contributed by atoms with Gasteiger partial charge in [-0.3, -0.25) is 14.6 Å². The Morgan fingerprint density at radius 3 is 3.10 bits per heavy atom. The highest BCUT2D eigenvalue weighted by atomic mass is 32.2. The Morgan fingerprint density at radius 2 is 2.38 bits per heavy atom. The minimum Gasteiger partial charge on any atom is -0.480 e. The number of hydrazine groups is 1. The standard InChI is InChI=1S/C13H14N4O3S/c18-11-5-8(7-21-12-3-1-2-4-14-12)17-10(15-11)6-9(16-17)13(19)20/h1-5,9-10,16H,6-7H2,(H,15,18)(H,19,20). The van der Waals surface area contributed by atoms with Crippen LogP contribution in [0, 0.1) is 0 Å². The van der Waals surface area contributed by atoms with E-state index in [1.165, 1.54) is 17.8 Å². The molecule has 21 heavy (non-hydrogen) atoms. The minimum atomic E-state index is -0.921. The zero-order chi connectivity index (χ0) is 14.8. The van der Waals surface area contributed by atoms with Crippen LogP contribution in [-0.2, 0) is 9.59 Å². The topological polar surface area (TPSA) is 94.6 Å². The van der Waals surface area contributed by atoms with Gasteiger partial charge in [0.2, 0.25) is 5.91 Å². The van der Waals surface area contributed by atoms with Crippen molar-refractivity contribution >= 4 is 23.6 Å². The van der Waals surface area contributed by atoms with Crippen molar-refractivity contribution in [3.63, 3.8) is 0 Å². The number of fused-ring (bicyclic) bond motifs is 1. The van der Waals surface area contributed by atoms with E-state index in [-0.39, 0.29) is 12.1 Å². The molecular weight excluding hydrogens is 292 g/mol. The lowest BCUT2D eigenvalue weighted by molar-refractivity contribution is -0.139. The van der Waals surface area contributed by atoms with Crippen molar-refractivity contribution in [3.8, 4) is 0 Å². The summed E-state index contributed by atoms with van der Waals surface area (Å²) in [6, 6.07) is 4.95. The summed E-state index contributed by atoms with van der Waals surface area (Å²) in [5, 5.41) is 14.4. The fourth-order valence-electron chi connectivity index (χ4n) is 2.32. The van der Waals surface area contributed by atoms with Gasteiger partial charge in [-0.15, -0.1) is 11.8 Å². The van der Waals surface area contributed by atoms with E-state index in [9.17, 15) is 9.59 Å². The molecule has 1 amide bonds. The number of pyridine rings is 1. The number of aromatic nitrogens is 1. The summed E-state index contributed by atoms with van der Waals surface area (Å²) in [6.45, 7) is 0. The van der Waals surface area contributed by atoms with Crippen LogP contribution in [0.25, 0.3) is 0 Å². The van der Waals surface area contributed by atoms with Gasteiger partial charge in [-0.25, -0.2) is 10.4 Å². The van der Waals surface area contributed by atoms with Crippen LogP contribution < -0.4 is 10.7 Å². The maximum atomic E-state index is 11.7. The van der Waals surface area contributed by atoms with E-state index < -0.39 is 12.0 Å². The molecule has 0 spiro atoms. The molecule has 0 aromatic carbocycles. The van der Waals surface area contributed by atoms with Gasteiger partial charge in [0.05, 0.1) is 5.03 Å². The van der Waals surface area contributed by atoms with Crippen molar-refractivity contribution in [2.45, 2.75) is 23.7 Å². The van der Waals surface area contributed by atoms with E-state index in [2.05, 4.69) is 15.7 Å². The molecule has 0 bridgehead atoms. The summed E-state index contributed by atoms with van der Waals surface area (Å²) in [4.78, 5) is 27.0. The fraction of sp³-hybridized carbons (Fsp3) is 0.308. The van der Waals surface area contributed by atoms with Crippen LogP contribution in [0.4, 0.5) is 0 Å². The number of carbonyl (C=O) groups excluding carboxylic acids is 1. The van der Waals surface area contributed by atoms with E-state index in [0.29, 0.717) is 12.2 Å². The molecule has 2 aliphatic rings. The highest BCUT2D eigenvalue weighted by Crippen LogP contribution is 2.26. The molecule has 0 radical (unpaired) electrons. The predicted octanol–water partition coefficient (Wildman–Crippen LogP) is 0.177. The summed E-state index contributed by atoms with van der Waals surface area (Å²) in [6.07, 6.45) is 3.22. The molecule has 2 atom stereocenters. The molecule has 3 heterocycles. The number of carboxylic acid groups (broad SMARTS) is 1. The lowest BCUT2D eigenvalue weighted by Crippen LogP contribution is -2.51. The van der Waals surface area contributed by atoms with E-state index >= 15 is 0 Å². The Kier molecular flexibility index (Phi) is 3.80. The molecule has 3 N–H and O–H groups in total. The van der Waals surface area contributed by atoms with E-state index in [1.807, 2.05) is 18.2 Å². The average Bonchev–Trinajstić information content (AvgIpc) is 2.90. The lowest BCUT2D eigenvalue weighted by atomic mass is 10.2. The number of aliphatic carboxylic acids is 1. The Balaban J connectivity index is 1.71. The number of hydrogen-bond donors (Lipinski definition) is 3. The maximum Gasteiger partial charge on any atom is 0.322 e. The van der Waals surface area contributed by atoms with Crippen LogP contribution in [0.5, 0.6) is 0 Å². The zero-order valence-corrected chi connectivity index (χ0v) is 11.8. The first-order chi connectivity index (χ1) is 10.1. The van der Waals surface area contributed by atoms with Gasteiger partial charge >= 0.3 is 5.97 Å². The summed E-state index contributed by atoms with van der Waals surface area (Å²) in [7, 11) is 0. The highest BCUT2D eigenvalue weighted by Gasteiger charge is 2.39. The van der Waals surface area contributed by atoms with Crippen molar-refractivity contribution in [2.24, 2.45) is 0 Å². The third-order valence-corrected chi connectivity index (χ3v) is 4.26. The van der Waals surface area contributed by atoms with Crippen molar-refractivity contribution in [2.75, 3.05) is 5.75 Å². The van der Waals surface area contributed by atoms with Gasteiger partial charge in [-0.2, -0.15) is 0 Å². The molecule has 8 heteroatoms. The first kappa shape index (κ1) is 13.9. The van der Waals surface area contributed by atoms with Crippen LogP contribution in [0.1, 0.15) is 6.42 Å². The predicted molar refractivity (Wildman–Crippen MR) is 76.0 cm³/mol. The van der Waals surface area contributed by atoms with Crippen molar-refractivity contribution in [3.05, 3.63) is 36.2 Å². The van der Waals surface area contributed by atoms with Gasteiger partial charge in [0.25, 0.3) is 0 Å². The quantitative estimate of drug-likeness (QED) is 0.683. The van der Waals surface area contributed by atoms with Crippen LogP contribution in [0.3, 0.4) is 0 Å². The zero-order valence-electron chi connectivity index (χ0n) is 11.0. The summed E-state index contributed by atoms with van der Waals surface area (Å²) in [5.74, 6) is -0.573. The smallest absolute Gasteiger partial charge is 0.322 e. The summed E-state index contributed by atoms with van der Waals surface area (Å²) in [5.41, 5.74) is 3.67. The van der Waals surface area contributed by atoms with E-state index in [4.69, 9.17) is 5.11 Å². The highest BCUT2D eigenvalue weighted by molar-refractivity contribution is 7.99. The molecule has 7 nitrogen and oxygen atoms in total. The maximum absolute atomic E-state index is 11.7. The monoisotopic (exact) mass is 306 g/mol. The van der Waals surface area contributed by atoms with Gasteiger partial charge in [-0.1, -0.05) is 6.07 Å². The average molecular weight is 306 g/mol. The number of nitrogens with zero attached hydrogens (tertiary/aromatic N) is 2. The summed E-state index contributed by atoms with van der Waals surface area (Å²) < 4.78 is 0. The van der Waals surface area contributed by atoms with Crippen LogP contribution in [0.2, 0.25) is 0 Å². The Labute approximate surface area is 125 Å². The third kappa shape index (κ3) is 3.01. The third-order valence-electron chi connectivity index (χ3n) is 3.29. The normalized spacial score (nSPS) is 24.3. The number of carbonyl (C=O) groups is 2.